The van der Waals surface area contributed by atoms with Crippen LogP contribution in [0.3, 0.4) is 0 Å². The summed E-state index contributed by atoms with van der Waals surface area (Å²) in [5, 5.41) is 3.19. The van der Waals surface area contributed by atoms with E-state index < -0.39 is 0 Å². The molecule has 0 spiro atoms. The van der Waals surface area contributed by atoms with Crippen molar-refractivity contribution in [2.24, 2.45) is 0 Å². The van der Waals surface area contributed by atoms with Gasteiger partial charge in [0, 0.05) is 12.1 Å². The van der Waals surface area contributed by atoms with Crippen LogP contribution in [0.5, 0.6) is 5.75 Å². The minimum atomic E-state index is -0.298. The molecule has 21 heavy (non-hydrogen) atoms. The number of nitrogens with one attached hydrogen (secondary N) is 1. The summed E-state index contributed by atoms with van der Waals surface area (Å²) in [5.74, 6) is 0.531. The first-order valence-electron chi connectivity index (χ1n) is 6.90. The number of carbonyl (C=O) groups excluding carboxylic acids is 1. The minimum absolute atomic E-state index is 0.228. The molecule has 1 aliphatic heterocycles. The molecule has 0 radical (unpaired) electrons. The Morgan fingerprint density at radius 1 is 1.24 bits per heavy atom. The fraction of sp³-hybridized carbons (Fsp3) is 0.235. The number of fused-ring (bicyclic) bond motifs is 1. The van der Waals surface area contributed by atoms with Gasteiger partial charge in [-0.2, -0.15) is 0 Å². The number of carbonyl (C=O) groups is 1. The number of anilines is 1. The lowest BCUT2D eigenvalue weighted by Gasteiger charge is -2.11. The van der Waals surface area contributed by atoms with Gasteiger partial charge in [-0.1, -0.05) is 30.3 Å². The van der Waals surface area contributed by atoms with Crippen LogP contribution in [0.1, 0.15) is 11.1 Å². The number of rotatable bonds is 4. The van der Waals surface area contributed by atoms with Crippen molar-refractivity contribution in [2.45, 2.75) is 19.1 Å². The molecule has 1 aliphatic rings. The number of para-hydroxylation sites is 1. The Morgan fingerprint density at radius 2 is 2.10 bits per heavy atom. The van der Waals surface area contributed by atoms with Gasteiger partial charge in [0.25, 0.3) is 0 Å². The fourth-order valence-corrected chi connectivity index (χ4v) is 2.46. The van der Waals surface area contributed by atoms with Crippen LogP contribution in [0.2, 0.25) is 0 Å². The molecular formula is C17H17NO3. The van der Waals surface area contributed by atoms with Gasteiger partial charge in [-0.05, 0) is 29.3 Å². The van der Waals surface area contributed by atoms with Crippen molar-refractivity contribution in [2.75, 3.05) is 12.4 Å². The van der Waals surface area contributed by atoms with E-state index in [4.69, 9.17) is 9.47 Å². The van der Waals surface area contributed by atoms with Gasteiger partial charge in [0.1, 0.15) is 18.4 Å². The monoisotopic (exact) mass is 283 g/mol. The molecular weight excluding hydrogens is 266 g/mol. The molecule has 4 heteroatoms. The first kappa shape index (κ1) is 13.5. The third-order valence-electron chi connectivity index (χ3n) is 3.57. The predicted molar refractivity (Wildman–Crippen MR) is 80.3 cm³/mol. The zero-order chi connectivity index (χ0) is 14.7. The maximum absolute atomic E-state index is 12.1. The highest BCUT2D eigenvalue weighted by Gasteiger charge is 2.27. The van der Waals surface area contributed by atoms with Crippen molar-refractivity contribution in [3.8, 4) is 5.75 Å². The molecule has 0 saturated heterocycles. The van der Waals surface area contributed by atoms with E-state index in [1.54, 1.807) is 7.11 Å². The lowest BCUT2D eigenvalue weighted by atomic mass is 10.1. The van der Waals surface area contributed by atoms with E-state index in [0.29, 0.717) is 6.42 Å². The highest BCUT2D eigenvalue weighted by molar-refractivity contribution is 5.82. The zero-order valence-corrected chi connectivity index (χ0v) is 11.8. The van der Waals surface area contributed by atoms with E-state index in [-0.39, 0.29) is 18.6 Å². The number of hydrogen-bond donors (Lipinski definition) is 1. The van der Waals surface area contributed by atoms with E-state index in [1.165, 1.54) is 0 Å². The second-order valence-electron chi connectivity index (χ2n) is 5.02. The number of esters is 1. The molecule has 0 unspecified atom stereocenters. The van der Waals surface area contributed by atoms with Gasteiger partial charge >= 0.3 is 5.97 Å². The average molecular weight is 283 g/mol. The van der Waals surface area contributed by atoms with Gasteiger partial charge in [-0.25, -0.2) is 4.79 Å². The highest BCUT2D eigenvalue weighted by atomic mass is 16.5. The number of hydrogen-bond acceptors (Lipinski definition) is 4. The van der Waals surface area contributed by atoms with Gasteiger partial charge in [-0.15, -0.1) is 0 Å². The van der Waals surface area contributed by atoms with E-state index in [1.807, 2.05) is 48.5 Å². The van der Waals surface area contributed by atoms with Crippen molar-refractivity contribution >= 4 is 11.7 Å². The van der Waals surface area contributed by atoms with E-state index in [2.05, 4.69) is 5.32 Å². The lowest BCUT2D eigenvalue weighted by Crippen LogP contribution is -2.28. The lowest BCUT2D eigenvalue weighted by molar-refractivity contribution is -0.145. The minimum Gasteiger partial charge on any atom is -0.497 e. The second kappa shape index (κ2) is 5.87. The predicted octanol–water partition coefficient (Wildman–Crippen LogP) is 2.78. The Morgan fingerprint density at radius 3 is 2.90 bits per heavy atom. The topological polar surface area (TPSA) is 47.6 Å². The molecule has 0 saturated carbocycles. The van der Waals surface area contributed by atoms with Gasteiger partial charge in [-0.3, -0.25) is 0 Å². The molecule has 0 amide bonds. The zero-order valence-electron chi connectivity index (χ0n) is 11.8. The molecule has 1 N–H and O–H groups in total. The van der Waals surface area contributed by atoms with Gasteiger partial charge in [0.05, 0.1) is 7.11 Å². The molecule has 1 atom stereocenters. The summed E-state index contributed by atoms with van der Waals surface area (Å²) in [4.78, 5) is 12.1. The fourth-order valence-electron chi connectivity index (χ4n) is 2.46. The molecule has 2 aromatic carbocycles. The molecule has 0 aliphatic carbocycles. The van der Waals surface area contributed by atoms with Gasteiger partial charge in [0.2, 0.25) is 0 Å². The first-order chi connectivity index (χ1) is 10.3. The van der Waals surface area contributed by atoms with Crippen molar-refractivity contribution in [1.29, 1.82) is 0 Å². The van der Waals surface area contributed by atoms with Crippen LogP contribution in [-0.4, -0.2) is 19.1 Å². The first-order valence-corrected chi connectivity index (χ1v) is 6.90. The summed E-state index contributed by atoms with van der Waals surface area (Å²) in [6, 6.07) is 15.2. The van der Waals surface area contributed by atoms with Crippen molar-refractivity contribution in [3.05, 3.63) is 59.7 Å². The summed E-state index contributed by atoms with van der Waals surface area (Å²) in [7, 11) is 1.62. The van der Waals surface area contributed by atoms with Crippen LogP contribution in [0, 0.1) is 0 Å². The number of methoxy groups -OCH3 is 1. The molecule has 108 valence electrons. The van der Waals surface area contributed by atoms with Crippen molar-refractivity contribution < 1.29 is 14.3 Å². The van der Waals surface area contributed by atoms with Crippen LogP contribution in [0.25, 0.3) is 0 Å². The Kier molecular flexibility index (Phi) is 3.77. The Labute approximate surface area is 123 Å². The van der Waals surface area contributed by atoms with Crippen LogP contribution < -0.4 is 10.1 Å². The highest BCUT2D eigenvalue weighted by Crippen LogP contribution is 2.25. The molecule has 0 aromatic heterocycles. The molecule has 3 rings (SSSR count). The Balaban J connectivity index is 1.58. The molecule has 1 heterocycles. The summed E-state index contributed by atoms with van der Waals surface area (Å²) in [6.07, 6.45) is 0.674. The maximum atomic E-state index is 12.1. The molecule has 0 fully saturated rings. The standard InChI is InChI=1S/C17H17NO3/c1-20-14-7-4-5-12(9-14)11-21-17(19)16-10-13-6-2-3-8-15(13)18-16/h2-9,16,18H,10-11H2,1H3/t16-/m0/s1. The van der Waals surface area contributed by atoms with Crippen LogP contribution in [-0.2, 0) is 22.6 Å². The van der Waals surface area contributed by atoms with E-state index in [0.717, 1.165) is 22.6 Å². The van der Waals surface area contributed by atoms with Crippen LogP contribution in [0.15, 0.2) is 48.5 Å². The Bertz CT molecular complexity index is 629. The number of ether oxygens (including phenoxy) is 2. The van der Waals surface area contributed by atoms with Crippen molar-refractivity contribution in [3.63, 3.8) is 0 Å². The summed E-state index contributed by atoms with van der Waals surface area (Å²) < 4.78 is 10.5. The van der Waals surface area contributed by atoms with E-state index >= 15 is 0 Å². The summed E-state index contributed by atoms with van der Waals surface area (Å²) in [5.41, 5.74) is 3.08. The average Bonchev–Trinajstić information content (AvgIpc) is 2.97. The van der Waals surface area contributed by atoms with Crippen LogP contribution >= 0.6 is 0 Å². The normalized spacial score (nSPS) is 16.0. The van der Waals surface area contributed by atoms with Gasteiger partial charge in [0.15, 0.2) is 0 Å². The smallest absolute Gasteiger partial charge is 0.329 e. The summed E-state index contributed by atoms with van der Waals surface area (Å²) in [6.45, 7) is 0.255. The third-order valence-corrected chi connectivity index (χ3v) is 3.57. The van der Waals surface area contributed by atoms with E-state index in [9.17, 15) is 4.79 Å². The summed E-state index contributed by atoms with van der Waals surface area (Å²) >= 11 is 0. The van der Waals surface area contributed by atoms with Gasteiger partial charge < -0.3 is 14.8 Å². The second-order valence-corrected chi connectivity index (χ2v) is 5.02. The quantitative estimate of drug-likeness (QED) is 0.877. The number of benzene rings is 2. The third kappa shape index (κ3) is 2.99. The SMILES string of the molecule is COc1cccc(COC(=O)[C@@H]2Cc3ccccc3N2)c1. The molecule has 2 aromatic rings. The largest absolute Gasteiger partial charge is 0.497 e. The molecule has 4 nitrogen and oxygen atoms in total. The van der Waals surface area contributed by atoms with Crippen LogP contribution in [0.4, 0.5) is 5.69 Å². The van der Waals surface area contributed by atoms with Crippen molar-refractivity contribution in [1.82, 2.24) is 0 Å². The molecule has 0 bridgehead atoms. The maximum Gasteiger partial charge on any atom is 0.329 e. The Hall–Kier alpha value is -2.49.